The third-order valence-electron chi connectivity index (χ3n) is 5.11. The molecule has 0 saturated carbocycles. The van der Waals surface area contributed by atoms with E-state index in [2.05, 4.69) is 20.3 Å². The number of carbonyl (C=O) groups excluding carboxylic acids is 1. The van der Waals surface area contributed by atoms with Crippen LogP contribution in [0.15, 0.2) is 21.7 Å². The second-order valence-corrected chi connectivity index (χ2v) is 9.73. The number of H-pyrrole nitrogens is 1. The lowest BCUT2D eigenvalue weighted by Gasteiger charge is -2.18. The van der Waals surface area contributed by atoms with Crippen LogP contribution in [0.4, 0.5) is 0 Å². The third-order valence-corrected chi connectivity index (χ3v) is 7.28. The van der Waals surface area contributed by atoms with Gasteiger partial charge in [0.1, 0.15) is 6.54 Å². The van der Waals surface area contributed by atoms with Crippen LogP contribution in [-0.4, -0.2) is 51.3 Å². The molecule has 0 unspecified atom stereocenters. The van der Waals surface area contributed by atoms with Crippen LogP contribution >= 0.6 is 7.60 Å². The Morgan fingerprint density at radius 1 is 1.12 bits per heavy atom. The Balaban J connectivity index is 1.84. The van der Waals surface area contributed by atoms with Gasteiger partial charge in [-0.3, -0.25) is 19.1 Å². The number of aromatic amines is 1. The first kappa shape index (κ1) is 24.8. The SMILES string of the molecule is CCOP(=O)(CCCNC(=O)Cn1c2nc(=O)[nH]c(=O)c-2nc2cc(C)c(C)cc21)OCC. The maximum absolute atomic E-state index is 12.7. The van der Waals surface area contributed by atoms with Gasteiger partial charge in [-0.05, 0) is 57.4 Å². The van der Waals surface area contributed by atoms with Crippen molar-refractivity contribution in [3.8, 4) is 11.5 Å². The smallest absolute Gasteiger partial charge is 0.349 e. The number of hydrogen-bond donors (Lipinski definition) is 2. The van der Waals surface area contributed by atoms with E-state index in [-0.39, 0.29) is 49.9 Å². The molecule has 1 aromatic rings. The van der Waals surface area contributed by atoms with Crippen LogP contribution in [0.5, 0.6) is 0 Å². The second-order valence-electron chi connectivity index (χ2n) is 7.54. The average Bonchev–Trinajstić information content (AvgIpc) is 2.73. The van der Waals surface area contributed by atoms with Crippen LogP contribution < -0.4 is 16.6 Å². The minimum Gasteiger partial charge on any atom is -0.355 e. The molecule has 0 aliphatic carbocycles. The molecule has 0 radical (unpaired) electrons. The molecule has 2 aliphatic heterocycles. The van der Waals surface area contributed by atoms with Gasteiger partial charge in [0.2, 0.25) is 5.91 Å². The highest BCUT2D eigenvalue weighted by Gasteiger charge is 2.23. The van der Waals surface area contributed by atoms with Crippen LogP contribution in [-0.2, 0) is 25.0 Å². The van der Waals surface area contributed by atoms with Crippen molar-refractivity contribution >= 4 is 24.5 Å². The molecule has 0 atom stereocenters. The van der Waals surface area contributed by atoms with E-state index in [1.807, 2.05) is 26.0 Å². The molecule has 0 bridgehead atoms. The number of hydrogen-bond acceptors (Lipinski definition) is 8. The first-order chi connectivity index (χ1) is 15.7. The molecule has 2 aliphatic rings. The Morgan fingerprint density at radius 2 is 1.79 bits per heavy atom. The molecule has 12 heteroatoms. The van der Waals surface area contributed by atoms with Crippen molar-refractivity contribution in [2.75, 3.05) is 25.9 Å². The highest BCUT2D eigenvalue weighted by Crippen LogP contribution is 2.48. The number of nitrogens with zero attached hydrogens (tertiary/aromatic N) is 3. The molecular formula is C21H28N5O6P. The lowest BCUT2D eigenvalue weighted by atomic mass is 10.1. The van der Waals surface area contributed by atoms with Crippen LogP contribution in [0.1, 0.15) is 31.4 Å². The van der Waals surface area contributed by atoms with E-state index in [0.717, 1.165) is 11.1 Å². The zero-order valence-corrected chi connectivity index (χ0v) is 20.0. The molecule has 1 aromatic carbocycles. The number of benzene rings is 1. The van der Waals surface area contributed by atoms with E-state index in [1.165, 1.54) is 4.57 Å². The van der Waals surface area contributed by atoms with E-state index >= 15 is 0 Å². The van der Waals surface area contributed by atoms with E-state index in [0.29, 0.717) is 17.5 Å². The van der Waals surface area contributed by atoms with Crippen molar-refractivity contribution in [2.45, 2.75) is 40.7 Å². The molecule has 2 N–H and O–H groups in total. The summed E-state index contributed by atoms with van der Waals surface area (Å²) in [6, 6.07) is 3.67. The molecule has 11 nitrogen and oxygen atoms in total. The number of fused-ring (bicyclic) bond motifs is 2. The van der Waals surface area contributed by atoms with Crippen molar-refractivity contribution in [2.24, 2.45) is 0 Å². The maximum atomic E-state index is 12.7. The van der Waals surface area contributed by atoms with Gasteiger partial charge < -0.3 is 18.9 Å². The second kappa shape index (κ2) is 10.4. The van der Waals surface area contributed by atoms with Crippen LogP contribution in [0.25, 0.3) is 22.6 Å². The number of carbonyl (C=O) groups is 1. The monoisotopic (exact) mass is 477 g/mol. The molecule has 33 heavy (non-hydrogen) atoms. The van der Waals surface area contributed by atoms with Gasteiger partial charge in [-0.15, -0.1) is 0 Å². The van der Waals surface area contributed by atoms with Crippen molar-refractivity contribution in [1.82, 2.24) is 24.8 Å². The fourth-order valence-corrected chi connectivity index (χ4v) is 5.13. The summed E-state index contributed by atoms with van der Waals surface area (Å²) in [5, 5.41) is 2.77. The molecule has 0 saturated heterocycles. The predicted molar refractivity (Wildman–Crippen MR) is 124 cm³/mol. The summed E-state index contributed by atoms with van der Waals surface area (Å²) in [7, 11) is -3.18. The topological polar surface area (TPSA) is 145 Å². The van der Waals surface area contributed by atoms with Gasteiger partial charge in [0, 0.05) is 6.54 Å². The highest BCUT2D eigenvalue weighted by atomic mass is 31.2. The van der Waals surface area contributed by atoms with E-state index in [1.54, 1.807) is 13.8 Å². The molecule has 1 amide bonds. The van der Waals surface area contributed by atoms with Gasteiger partial charge >= 0.3 is 13.3 Å². The zero-order valence-electron chi connectivity index (χ0n) is 19.1. The van der Waals surface area contributed by atoms with E-state index in [9.17, 15) is 18.9 Å². The quantitative estimate of drug-likeness (QED) is 0.256. The summed E-state index contributed by atoms with van der Waals surface area (Å²) in [6.45, 7) is 7.94. The summed E-state index contributed by atoms with van der Waals surface area (Å²) in [5.41, 5.74) is 1.54. The molecule has 3 rings (SSSR count). The Hall–Kier alpha value is -2.88. The summed E-state index contributed by atoms with van der Waals surface area (Å²) in [4.78, 5) is 47.3. The molecule has 0 spiro atoms. The van der Waals surface area contributed by atoms with E-state index in [4.69, 9.17) is 9.05 Å². The third kappa shape index (κ3) is 5.73. The lowest BCUT2D eigenvalue weighted by Crippen LogP contribution is -2.33. The van der Waals surface area contributed by atoms with Crippen molar-refractivity contribution in [3.63, 3.8) is 0 Å². The Bertz CT molecular complexity index is 1290. The Kier molecular flexibility index (Phi) is 7.78. The Labute approximate surface area is 190 Å². The molecule has 0 fully saturated rings. The number of aromatic nitrogens is 4. The van der Waals surface area contributed by atoms with Crippen molar-refractivity contribution in [3.05, 3.63) is 44.1 Å². The van der Waals surface area contributed by atoms with Gasteiger partial charge in [0.05, 0.1) is 30.4 Å². The van der Waals surface area contributed by atoms with E-state index < -0.39 is 18.8 Å². The van der Waals surface area contributed by atoms with Gasteiger partial charge in [-0.2, -0.15) is 4.98 Å². The highest BCUT2D eigenvalue weighted by molar-refractivity contribution is 7.53. The van der Waals surface area contributed by atoms with Crippen LogP contribution in [0.3, 0.4) is 0 Å². The number of aryl methyl sites for hydroxylation is 2. The van der Waals surface area contributed by atoms with Crippen molar-refractivity contribution < 1.29 is 18.4 Å². The fourth-order valence-electron chi connectivity index (χ4n) is 3.47. The first-order valence-corrected chi connectivity index (χ1v) is 12.5. The fraction of sp³-hybridized carbons (Fsp3) is 0.476. The predicted octanol–water partition coefficient (Wildman–Crippen LogP) is 1.97. The van der Waals surface area contributed by atoms with Gasteiger partial charge in [0.25, 0.3) is 5.56 Å². The van der Waals surface area contributed by atoms with Crippen molar-refractivity contribution in [1.29, 1.82) is 0 Å². The maximum Gasteiger partial charge on any atom is 0.349 e. The first-order valence-electron chi connectivity index (χ1n) is 10.7. The van der Waals surface area contributed by atoms with Gasteiger partial charge in [-0.25, -0.2) is 9.78 Å². The van der Waals surface area contributed by atoms with Crippen LogP contribution in [0.2, 0.25) is 0 Å². The number of nitrogens with one attached hydrogen (secondary N) is 2. The summed E-state index contributed by atoms with van der Waals surface area (Å²) in [6.07, 6.45) is 0.574. The standard InChI is InChI=1S/C21H28N5O6P/c1-5-31-33(30,32-6-2)9-7-8-22-17(27)12-26-16-11-14(4)13(3)10-15(16)23-18-19(26)24-21(29)25-20(18)28/h10-11H,5-9,12H2,1-4H3,(H,22,27)(H,25,28,29). The van der Waals surface area contributed by atoms with Crippen LogP contribution in [0, 0.1) is 13.8 Å². The Morgan fingerprint density at radius 3 is 2.45 bits per heavy atom. The lowest BCUT2D eigenvalue weighted by molar-refractivity contribution is -0.121. The molecule has 0 aromatic heterocycles. The zero-order chi connectivity index (χ0) is 24.2. The minimum absolute atomic E-state index is 0.0208. The minimum atomic E-state index is -3.18. The average molecular weight is 477 g/mol. The molecular weight excluding hydrogens is 449 g/mol. The number of amides is 1. The summed E-state index contributed by atoms with van der Waals surface area (Å²) in [5.74, 6) is -0.323. The van der Waals surface area contributed by atoms with Gasteiger partial charge in [0.15, 0.2) is 11.5 Å². The summed E-state index contributed by atoms with van der Waals surface area (Å²) < 4.78 is 24.5. The van der Waals surface area contributed by atoms with Gasteiger partial charge in [-0.1, -0.05) is 0 Å². The normalized spacial score (nSPS) is 11.9. The largest absolute Gasteiger partial charge is 0.355 e. The summed E-state index contributed by atoms with van der Waals surface area (Å²) >= 11 is 0. The molecule has 2 heterocycles. The molecule has 178 valence electrons. The number of rotatable bonds is 10.